The number of carbonyl (C=O) groups is 1. The second kappa shape index (κ2) is 6.38. The molecule has 0 aromatic carbocycles. The standard InChI is InChI=1S/C6H13O10P/c7-2(1-16-17(13,14)15)3(8)4(9)5(10)6(11)12/h2-5,7-10H,1H2,(H,11,12)(H2,13,14,15)/t2-,3+,4+,5-/m1/s1. The van der Waals surface area contributed by atoms with Crippen LogP contribution in [0.5, 0.6) is 0 Å². The van der Waals surface area contributed by atoms with Crippen LogP contribution in [0, 0.1) is 0 Å². The van der Waals surface area contributed by atoms with Gasteiger partial charge in [-0.05, 0) is 0 Å². The van der Waals surface area contributed by atoms with E-state index in [0.29, 0.717) is 0 Å². The van der Waals surface area contributed by atoms with Crippen LogP contribution in [0.3, 0.4) is 0 Å². The molecule has 0 aromatic rings. The molecular weight excluding hydrogens is 263 g/mol. The number of phosphoric ester groups is 1. The molecule has 0 unspecified atom stereocenters. The van der Waals surface area contributed by atoms with Crippen molar-refractivity contribution in [1.29, 1.82) is 0 Å². The quantitative estimate of drug-likeness (QED) is 0.231. The fourth-order valence-corrected chi connectivity index (χ4v) is 1.18. The first-order valence-corrected chi connectivity index (χ1v) is 5.74. The molecule has 0 saturated carbocycles. The normalized spacial score (nSPS) is 19.4. The average Bonchev–Trinajstić information content (AvgIpc) is 2.21. The van der Waals surface area contributed by atoms with Gasteiger partial charge in [0.1, 0.15) is 18.3 Å². The van der Waals surface area contributed by atoms with Gasteiger partial charge in [0.25, 0.3) is 0 Å². The minimum atomic E-state index is -4.86. The van der Waals surface area contributed by atoms with E-state index in [1.54, 1.807) is 0 Å². The monoisotopic (exact) mass is 276 g/mol. The minimum absolute atomic E-state index is 1.05. The van der Waals surface area contributed by atoms with E-state index in [2.05, 4.69) is 4.52 Å². The highest BCUT2D eigenvalue weighted by Crippen LogP contribution is 2.35. The van der Waals surface area contributed by atoms with E-state index in [1.807, 2.05) is 0 Å². The second-order valence-corrected chi connectivity index (χ2v) is 4.36. The Morgan fingerprint density at radius 3 is 1.94 bits per heavy atom. The molecule has 102 valence electrons. The van der Waals surface area contributed by atoms with E-state index < -0.39 is 44.8 Å². The number of hydrogen-bond acceptors (Lipinski definition) is 7. The predicted octanol–water partition coefficient (Wildman–Crippen LogP) is -3.38. The van der Waals surface area contributed by atoms with Crippen LogP contribution in [-0.4, -0.2) is 72.3 Å². The Labute approximate surface area is 94.9 Å². The SMILES string of the molecule is O=C(O)[C@H](O)[C@@H](O)[C@@H](O)[C@H](O)COP(=O)(O)O. The fourth-order valence-electron chi connectivity index (χ4n) is 0.833. The maximum atomic E-state index is 10.2. The van der Waals surface area contributed by atoms with Crippen molar-refractivity contribution in [2.45, 2.75) is 24.4 Å². The Morgan fingerprint density at radius 1 is 1.12 bits per heavy atom. The maximum Gasteiger partial charge on any atom is 0.469 e. The van der Waals surface area contributed by atoms with Gasteiger partial charge in [0.05, 0.1) is 6.61 Å². The van der Waals surface area contributed by atoms with Crippen molar-refractivity contribution < 1.29 is 49.2 Å². The molecule has 17 heavy (non-hydrogen) atoms. The van der Waals surface area contributed by atoms with Crippen LogP contribution in [-0.2, 0) is 13.9 Å². The summed E-state index contributed by atoms with van der Waals surface area (Å²) in [6.45, 7) is -1.05. The summed E-state index contributed by atoms with van der Waals surface area (Å²) in [7, 11) is -4.86. The van der Waals surface area contributed by atoms with Gasteiger partial charge in [-0.1, -0.05) is 0 Å². The summed E-state index contributed by atoms with van der Waals surface area (Å²) in [4.78, 5) is 26.8. The molecule has 11 heteroatoms. The molecule has 0 aliphatic carbocycles. The lowest BCUT2D eigenvalue weighted by atomic mass is 10.0. The van der Waals surface area contributed by atoms with Gasteiger partial charge in [-0.15, -0.1) is 0 Å². The van der Waals surface area contributed by atoms with Crippen molar-refractivity contribution in [2.24, 2.45) is 0 Å². The van der Waals surface area contributed by atoms with Crippen LogP contribution in [0.2, 0.25) is 0 Å². The first-order chi connectivity index (χ1) is 7.56. The number of rotatable bonds is 7. The Bertz CT molecular complexity index is 299. The van der Waals surface area contributed by atoms with E-state index >= 15 is 0 Å². The summed E-state index contributed by atoms with van der Waals surface area (Å²) in [5, 5.41) is 44.4. The number of aliphatic hydroxyl groups is 4. The molecule has 4 atom stereocenters. The molecule has 10 nitrogen and oxygen atoms in total. The Morgan fingerprint density at radius 2 is 1.59 bits per heavy atom. The maximum absolute atomic E-state index is 10.2. The molecule has 0 rings (SSSR count). The smallest absolute Gasteiger partial charge is 0.469 e. The summed E-state index contributed by atoms with van der Waals surface area (Å²) in [5.74, 6) is -1.83. The lowest BCUT2D eigenvalue weighted by molar-refractivity contribution is -0.164. The zero-order valence-corrected chi connectivity index (χ0v) is 9.21. The number of carboxylic acid groups (broad SMARTS) is 1. The fraction of sp³-hybridized carbons (Fsp3) is 0.833. The number of aliphatic hydroxyl groups excluding tert-OH is 4. The summed E-state index contributed by atoms with van der Waals surface area (Å²) in [6, 6.07) is 0. The van der Waals surface area contributed by atoms with Crippen molar-refractivity contribution in [1.82, 2.24) is 0 Å². The van der Waals surface area contributed by atoms with Crippen molar-refractivity contribution in [2.75, 3.05) is 6.61 Å². The van der Waals surface area contributed by atoms with Crippen LogP contribution in [0.4, 0.5) is 0 Å². The summed E-state index contributed by atoms with van der Waals surface area (Å²) in [5.41, 5.74) is 0. The molecule has 0 saturated heterocycles. The minimum Gasteiger partial charge on any atom is -0.479 e. The van der Waals surface area contributed by atoms with Crippen molar-refractivity contribution in [3.05, 3.63) is 0 Å². The van der Waals surface area contributed by atoms with Crippen molar-refractivity contribution in [3.8, 4) is 0 Å². The zero-order chi connectivity index (χ0) is 13.8. The molecule has 0 amide bonds. The van der Waals surface area contributed by atoms with Gasteiger partial charge >= 0.3 is 13.8 Å². The molecule has 0 spiro atoms. The molecule has 0 aromatic heterocycles. The molecule has 7 N–H and O–H groups in total. The van der Waals surface area contributed by atoms with Crippen molar-refractivity contribution >= 4 is 13.8 Å². The number of hydrogen-bond donors (Lipinski definition) is 7. The van der Waals surface area contributed by atoms with Crippen molar-refractivity contribution in [3.63, 3.8) is 0 Å². The van der Waals surface area contributed by atoms with Crippen LogP contribution in [0.25, 0.3) is 0 Å². The van der Waals surface area contributed by atoms with Crippen LogP contribution in [0.15, 0.2) is 0 Å². The van der Waals surface area contributed by atoms with Gasteiger partial charge in [0.15, 0.2) is 6.10 Å². The lowest BCUT2D eigenvalue weighted by Crippen LogP contribution is -2.48. The Hall–Kier alpha value is -0.580. The van der Waals surface area contributed by atoms with Crippen LogP contribution >= 0.6 is 7.82 Å². The Balaban J connectivity index is 4.34. The molecule has 0 radical (unpaired) electrons. The van der Waals surface area contributed by atoms with Crippen LogP contribution < -0.4 is 0 Å². The highest BCUT2D eigenvalue weighted by molar-refractivity contribution is 7.46. The third kappa shape index (κ3) is 6.05. The highest BCUT2D eigenvalue weighted by atomic mass is 31.2. The Kier molecular flexibility index (Phi) is 6.16. The summed E-state index contributed by atoms with van der Waals surface area (Å²) < 4.78 is 14.1. The number of phosphoric acid groups is 1. The van der Waals surface area contributed by atoms with Gasteiger partial charge in [0, 0.05) is 0 Å². The molecule has 0 heterocycles. The largest absolute Gasteiger partial charge is 0.479 e. The van der Waals surface area contributed by atoms with Gasteiger partial charge in [-0.3, -0.25) is 4.52 Å². The van der Waals surface area contributed by atoms with Gasteiger partial charge in [-0.2, -0.15) is 0 Å². The topological polar surface area (TPSA) is 185 Å². The zero-order valence-electron chi connectivity index (χ0n) is 8.32. The van der Waals surface area contributed by atoms with E-state index in [0.717, 1.165) is 0 Å². The third-order valence-corrected chi connectivity index (χ3v) is 2.22. The predicted molar refractivity (Wildman–Crippen MR) is 49.7 cm³/mol. The van der Waals surface area contributed by atoms with E-state index in [4.69, 9.17) is 35.3 Å². The van der Waals surface area contributed by atoms with Crippen LogP contribution in [0.1, 0.15) is 0 Å². The third-order valence-electron chi connectivity index (χ3n) is 1.73. The van der Waals surface area contributed by atoms with Gasteiger partial charge < -0.3 is 35.3 Å². The second-order valence-electron chi connectivity index (χ2n) is 3.12. The lowest BCUT2D eigenvalue weighted by Gasteiger charge is -2.24. The number of aliphatic carboxylic acids is 1. The molecule has 0 aliphatic rings. The van der Waals surface area contributed by atoms with E-state index in [-0.39, 0.29) is 0 Å². The first-order valence-electron chi connectivity index (χ1n) is 4.21. The highest BCUT2D eigenvalue weighted by Gasteiger charge is 2.35. The summed E-state index contributed by atoms with van der Waals surface area (Å²) >= 11 is 0. The van der Waals surface area contributed by atoms with Gasteiger partial charge in [0.2, 0.25) is 0 Å². The van der Waals surface area contributed by atoms with E-state index in [1.165, 1.54) is 0 Å². The average molecular weight is 276 g/mol. The molecule has 0 fully saturated rings. The molecule has 0 aliphatic heterocycles. The first kappa shape index (κ1) is 16.4. The van der Waals surface area contributed by atoms with Gasteiger partial charge in [-0.25, -0.2) is 9.36 Å². The summed E-state index contributed by atoms with van der Waals surface area (Å²) in [6.07, 6.45) is -8.71. The van der Waals surface area contributed by atoms with E-state index in [9.17, 15) is 9.36 Å². The molecular formula is C6H13O10P. The molecule has 0 bridgehead atoms. The number of carboxylic acids is 1.